The molecule has 0 saturated carbocycles. The van der Waals surface area contributed by atoms with Crippen molar-refractivity contribution in [2.45, 2.75) is 25.3 Å². The number of hydrogen-bond acceptors (Lipinski definition) is 2. The smallest absolute Gasteiger partial charge is 0.125 e. The molecule has 1 N–H and O–H groups in total. The van der Waals surface area contributed by atoms with Crippen LogP contribution >= 0.6 is 43.2 Å². The summed E-state index contributed by atoms with van der Waals surface area (Å²) in [7, 11) is 0. The first-order chi connectivity index (χ1) is 9.13. The molecule has 1 aromatic carbocycles. The third kappa shape index (κ3) is 2.88. The normalized spacial score (nSPS) is 18.2. The first-order valence-corrected chi connectivity index (χ1v) is 8.53. The predicted octanol–water partition coefficient (Wildman–Crippen LogP) is 5.90. The highest BCUT2D eigenvalue weighted by Gasteiger charge is 2.23. The molecule has 5 heteroatoms. The molecule has 0 fully saturated rings. The van der Waals surface area contributed by atoms with Crippen LogP contribution in [0.3, 0.4) is 0 Å². The van der Waals surface area contributed by atoms with Crippen LogP contribution in [0, 0.1) is 5.82 Å². The largest absolute Gasteiger partial charge is 0.377 e. The van der Waals surface area contributed by atoms with Gasteiger partial charge in [-0.25, -0.2) is 4.39 Å². The number of anilines is 1. The Kier molecular flexibility index (Phi) is 3.96. The van der Waals surface area contributed by atoms with Crippen molar-refractivity contribution in [3.05, 3.63) is 48.8 Å². The molecular formula is C14H12Br2FNS. The number of nitrogens with one attached hydrogen (secondary N) is 1. The topological polar surface area (TPSA) is 12.0 Å². The van der Waals surface area contributed by atoms with E-state index in [4.69, 9.17) is 0 Å². The Labute approximate surface area is 132 Å². The standard InChI is InChI=1S/C14H12Br2FNS/c15-10-5-4-8(17)6-12(10)18-11-2-1-3-13-9(11)7-14(16)19-13/h4-7,11,18H,1-3H2. The Hall–Kier alpha value is -0.390. The highest BCUT2D eigenvalue weighted by molar-refractivity contribution is 9.11. The fourth-order valence-electron chi connectivity index (χ4n) is 2.47. The number of aryl methyl sites for hydroxylation is 1. The van der Waals surface area contributed by atoms with Crippen LogP contribution in [0.1, 0.15) is 29.3 Å². The molecule has 1 heterocycles. The highest BCUT2D eigenvalue weighted by atomic mass is 79.9. The molecule has 1 nitrogen and oxygen atoms in total. The van der Waals surface area contributed by atoms with E-state index in [1.165, 1.54) is 26.7 Å². The highest BCUT2D eigenvalue weighted by Crippen LogP contribution is 2.40. The number of thiophene rings is 1. The van der Waals surface area contributed by atoms with Crippen LogP contribution in [0.2, 0.25) is 0 Å². The number of rotatable bonds is 2. The van der Waals surface area contributed by atoms with Gasteiger partial charge in [0.1, 0.15) is 5.82 Å². The van der Waals surface area contributed by atoms with Crippen molar-refractivity contribution in [1.29, 1.82) is 0 Å². The van der Waals surface area contributed by atoms with E-state index in [0.717, 1.165) is 23.0 Å². The molecule has 1 aromatic heterocycles. The number of hydrogen-bond donors (Lipinski definition) is 1. The Morgan fingerprint density at radius 3 is 2.95 bits per heavy atom. The van der Waals surface area contributed by atoms with Crippen molar-refractivity contribution >= 4 is 48.9 Å². The zero-order chi connectivity index (χ0) is 13.4. The molecule has 0 aliphatic heterocycles. The predicted molar refractivity (Wildman–Crippen MR) is 85.4 cm³/mol. The van der Waals surface area contributed by atoms with E-state index in [1.807, 2.05) is 0 Å². The van der Waals surface area contributed by atoms with Crippen LogP contribution in [0.15, 0.2) is 32.5 Å². The molecule has 0 bridgehead atoms. The monoisotopic (exact) mass is 403 g/mol. The van der Waals surface area contributed by atoms with E-state index in [-0.39, 0.29) is 11.9 Å². The minimum atomic E-state index is -0.215. The van der Waals surface area contributed by atoms with E-state index >= 15 is 0 Å². The average molecular weight is 405 g/mol. The molecule has 1 unspecified atom stereocenters. The van der Waals surface area contributed by atoms with E-state index in [0.29, 0.717) is 0 Å². The zero-order valence-electron chi connectivity index (χ0n) is 10.1. The van der Waals surface area contributed by atoms with E-state index in [2.05, 4.69) is 43.2 Å². The molecule has 19 heavy (non-hydrogen) atoms. The summed E-state index contributed by atoms with van der Waals surface area (Å²) in [5.74, 6) is -0.215. The summed E-state index contributed by atoms with van der Waals surface area (Å²) in [4.78, 5) is 1.43. The van der Waals surface area contributed by atoms with Gasteiger partial charge in [0.05, 0.1) is 15.5 Å². The Morgan fingerprint density at radius 1 is 1.26 bits per heavy atom. The summed E-state index contributed by atoms with van der Waals surface area (Å²) in [6, 6.07) is 7.20. The van der Waals surface area contributed by atoms with Crippen LogP contribution in [0.5, 0.6) is 0 Å². The fourth-order valence-corrected chi connectivity index (χ4v) is 4.65. The van der Waals surface area contributed by atoms with Gasteiger partial charge in [-0.1, -0.05) is 0 Å². The zero-order valence-corrected chi connectivity index (χ0v) is 14.0. The van der Waals surface area contributed by atoms with E-state index < -0.39 is 0 Å². The lowest BCUT2D eigenvalue weighted by molar-refractivity contribution is 0.604. The average Bonchev–Trinajstić information content (AvgIpc) is 2.75. The number of halogens is 3. The van der Waals surface area contributed by atoms with Crippen molar-refractivity contribution in [3.63, 3.8) is 0 Å². The van der Waals surface area contributed by atoms with Crippen LogP contribution in [-0.4, -0.2) is 0 Å². The second kappa shape index (κ2) is 5.54. The minimum Gasteiger partial charge on any atom is -0.377 e. The third-order valence-electron chi connectivity index (χ3n) is 3.34. The van der Waals surface area contributed by atoms with Crippen LogP contribution in [-0.2, 0) is 6.42 Å². The van der Waals surface area contributed by atoms with Gasteiger partial charge in [0.15, 0.2) is 0 Å². The molecule has 2 aromatic rings. The lowest BCUT2D eigenvalue weighted by Crippen LogP contribution is -2.15. The molecule has 0 saturated heterocycles. The van der Waals surface area contributed by atoms with Gasteiger partial charge in [-0.05, 0) is 81.0 Å². The van der Waals surface area contributed by atoms with Gasteiger partial charge < -0.3 is 5.32 Å². The van der Waals surface area contributed by atoms with Gasteiger partial charge in [-0.15, -0.1) is 11.3 Å². The van der Waals surface area contributed by atoms with Crippen LogP contribution in [0.4, 0.5) is 10.1 Å². The second-order valence-corrected chi connectivity index (χ2v) is 8.01. The second-order valence-electron chi connectivity index (χ2n) is 4.64. The van der Waals surface area contributed by atoms with Crippen molar-refractivity contribution in [2.24, 2.45) is 0 Å². The lowest BCUT2D eigenvalue weighted by Gasteiger charge is -2.25. The SMILES string of the molecule is Fc1ccc(Br)c(NC2CCCc3sc(Br)cc32)c1. The molecule has 1 aliphatic rings. The summed E-state index contributed by atoms with van der Waals surface area (Å²) in [6.45, 7) is 0. The minimum absolute atomic E-state index is 0.215. The van der Waals surface area contributed by atoms with Crippen molar-refractivity contribution in [2.75, 3.05) is 5.32 Å². The molecule has 1 atom stereocenters. The van der Waals surface area contributed by atoms with Crippen LogP contribution in [0.25, 0.3) is 0 Å². The fraction of sp³-hybridized carbons (Fsp3) is 0.286. The molecular weight excluding hydrogens is 393 g/mol. The Bertz CT molecular complexity index is 611. The van der Waals surface area contributed by atoms with Crippen molar-refractivity contribution in [1.82, 2.24) is 0 Å². The summed E-state index contributed by atoms with van der Waals surface area (Å²) >= 11 is 8.82. The van der Waals surface area contributed by atoms with Gasteiger partial charge in [0, 0.05) is 9.35 Å². The first kappa shape index (κ1) is 13.6. The molecule has 0 radical (unpaired) electrons. The maximum absolute atomic E-state index is 13.3. The molecule has 1 aliphatic carbocycles. The molecule has 0 spiro atoms. The molecule has 100 valence electrons. The van der Waals surface area contributed by atoms with Gasteiger partial charge in [0.25, 0.3) is 0 Å². The van der Waals surface area contributed by atoms with Crippen molar-refractivity contribution in [3.8, 4) is 0 Å². The number of fused-ring (bicyclic) bond motifs is 1. The van der Waals surface area contributed by atoms with Gasteiger partial charge in [-0.2, -0.15) is 0 Å². The Morgan fingerprint density at radius 2 is 2.11 bits per heavy atom. The van der Waals surface area contributed by atoms with E-state index in [9.17, 15) is 4.39 Å². The molecule has 3 rings (SSSR count). The summed E-state index contributed by atoms with van der Waals surface area (Å²) in [6.07, 6.45) is 3.40. The van der Waals surface area contributed by atoms with Gasteiger partial charge in [-0.3, -0.25) is 0 Å². The summed E-state index contributed by atoms with van der Waals surface area (Å²) in [5.41, 5.74) is 2.17. The molecule has 0 amide bonds. The van der Waals surface area contributed by atoms with Gasteiger partial charge >= 0.3 is 0 Å². The third-order valence-corrected chi connectivity index (χ3v) is 5.75. The van der Waals surface area contributed by atoms with E-state index in [1.54, 1.807) is 23.5 Å². The quantitative estimate of drug-likeness (QED) is 0.656. The number of benzene rings is 1. The van der Waals surface area contributed by atoms with Crippen LogP contribution < -0.4 is 5.32 Å². The summed E-state index contributed by atoms with van der Waals surface area (Å²) < 4.78 is 15.4. The summed E-state index contributed by atoms with van der Waals surface area (Å²) in [5, 5.41) is 3.46. The Balaban J connectivity index is 1.90. The van der Waals surface area contributed by atoms with Gasteiger partial charge in [0.2, 0.25) is 0 Å². The maximum Gasteiger partial charge on any atom is 0.125 e. The van der Waals surface area contributed by atoms with Crippen molar-refractivity contribution < 1.29 is 4.39 Å². The first-order valence-electron chi connectivity index (χ1n) is 6.13. The maximum atomic E-state index is 13.3. The lowest BCUT2D eigenvalue weighted by atomic mass is 9.94.